The standard InChI is InChI=1S/C13H20BrN/c1-3-10(4-2)13(9-15)11-5-7-12(14)8-6-11/h5-8,10,13H,3-4,9,15H2,1-2H3. The van der Waals surface area contributed by atoms with Gasteiger partial charge >= 0.3 is 0 Å². The number of benzene rings is 1. The SMILES string of the molecule is CCC(CC)C(CN)c1ccc(Br)cc1. The van der Waals surface area contributed by atoms with E-state index in [9.17, 15) is 0 Å². The molecule has 1 aromatic carbocycles. The highest BCUT2D eigenvalue weighted by atomic mass is 79.9. The van der Waals surface area contributed by atoms with Crippen molar-refractivity contribution in [2.75, 3.05) is 6.54 Å². The Hall–Kier alpha value is -0.340. The van der Waals surface area contributed by atoms with Gasteiger partial charge in [0.25, 0.3) is 0 Å². The zero-order valence-electron chi connectivity index (χ0n) is 9.54. The first-order valence-electron chi connectivity index (χ1n) is 5.68. The van der Waals surface area contributed by atoms with Gasteiger partial charge in [-0.25, -0.2) is 0 Å². The molecule has 2 N–H and O–H groups in total. The number of hydrogen-bond donors (Lipinski definition) is 1. The Morgan fingerprint density at radius 3 is 2.07 bits per heavy atom. The molecule has 1 rings (SSSR count). The normalized spacial score (nSPS) is 13.1. The van der Waals surface area contributed by atoms with Crippen molar-refractivity contribution in [1.82, 2.24) is 0 Å². The second-order valence-electron chi connectivity index (χ2n) is 3.97. The van der Waals surface area contributed by atoms with Gasteiger partial charge in [-0.05, 0) is 36.1 Å². The molecule has 0 heterocycles. The predicted molar refractivity (Wildman–Crippen MR) is 70.0 cm³/mol. The first kappa shape index (κ1) is 12.7. The number of halogens is 1. The Labute approximate surface area is 101 Å². The zero-order chi connectivity index (χ0) is 11.3. The van der Waals surface area contributed by atoms with Crippen LogP contribution in [0, 0.1) is 5.92 Å². The molecule has 0 amide bonds. The highest BCUT2D eigenvalue weighted by molar-refractivity contribution is 9.10. The zero-order valence-corrected chi connectivity index (χ0v) is 11.1. The molecule has 0 saturated heterocycles. The van der Waals surface area contributed by atoms with Crippen LogP contribution in [0.4, 0.5) is 0 Å². The first-order chi connectivity index (χ1) is 7.22. The highest BCUT2D eigenvalue weighted by Crippen LogP contribution is 2.29. The summed E-state index contributed by atoms with van der Waals surface area (Å²) in [5.74, 6) is 1.21. The fourth-order valence-corrected chi connectivity index (χ4v) is 2.43. The summed E-state index contributed by atoms with van der Waals surface area (Å²) in [6, 6.07) is 8.56. The summed E-state index contributed by atoms with van der Waals surface area (Å²) in [6.45, 7) is 5.24. The van der Waals surface area contributed by atoms with E-state index in [1.807, 2.05) is 0 Å². The highest BCUT2D eigenvalue weighted by Gasteiger charge is 2.18. The molecule has 0 aliphatic carbocycles. The van der Waals surface area contributed by atoms with Gasteiger partial charge in [-0.3, -0.25) is 0 Å². The Bertz CT molecular complexity index is 277. The van der Waals surface area contributed by atoms with E-state index >= 15 is 0 Å². The average molecular weight is 270 g/mol. The summed E-state index contributed by atoms with van der Waals surface area (Å²) < 4.78 is 1.13. The maximum absolute atomic E-state index is 5.88. The third kappa shape index (κ3) is 3.32. The summed E-state index contributed by atoms with van der Waals surface area (Å²) >= 11 is 3.46. The summed E-state index contributed by atoms with van der Waals surface area (Å²) in [4.78, 5) is 0. The van der Waals surface area contributed by atoms with E-state index in [0.717, 1.165) is 11.0 Å². The van der Waals surface area contributed by atoms with Crippen molar-refractivity contribution in [3.05, 3.63) is 34.3 Å². The van der Waals surface area contributed by atoms with Crippen molar-refractivity contribution in [2.45, 2.75) is 32.6 Å². The third-order valence-electron chi connectivity index (χ3n) is 3.17. The predicted octanol–water partition coefficient (Wildman–Crippen LogP) is 3.93. The second-order valence-corrected chi connectivity index (χ2v) is 4.89. The first-order valence-corrected chi connectivity index (χ1v) is 6.47. The molecule has 1 nitrogen and oxygen atoms in total. The van der Waals surface area contributed by atoms with Gasteiger partial charge in [-0.15, -0.1) is 0 Å². The molecule has 0 bridgehead atoms. The molecule has 0 spiro atoms. The van der Waals surface area contributed by atoms with E-state index < -0.39 is 0 Å². The number of hydrogen-bond acceptors (Lipinski definition) is 1. The van der Waals surface area contributed by atoms with Gasteiger partial charge in [0.1, 0.15) is 0 Å². The van der Waals surface area contributed by atoms with Crippen LogP contribution in [0.2, 0.25) is 0 Å². The lowest BCUT2D eigenvalue weighted by atomic mass is 9.83. The minimum atomic E-state index is 0.507. The second kappa shape index (κ2) is 6.29. The van der Waals surface area contributed by atoms with E-state index in [1.54, 1.807) is 0 Å². The van der Waals surface area contributed by atoms with Crippen LogP contribution in [0.1, 0.15) is 38.2 Å². The Morgan fingerprint density at radius 2 is 1.67 bits per heavy atom. The molecule has 0 saturated carbocycles. The summed E-state index contributed by atoms with van der Waals surface area (Å²) in [5.41, 5.74) is 7.25. The Balaban J connectivity index is 2.86. The van der Waals surface area contributed by atoms with E-state index in [2.05, 4.69) is 54.0 Å². The van der Waals surface area contributed by atoms with Gasteiger partial charge in [0.2, 0.25) is 0 Å². The van der Waals surface area contributed by atoms with Gasteiger partial charge in [0.05, 0.1) is 0 Å². The lowest BCUT2D eigenvalue weighted by Gasteiger charge is -2.24. The Morgan fingerprint density at radius 1 is 1.13 bits per heavy atom. The fourth-order valence-electron chi connectivity index (χ4n) is 2.17. The van der Waals surface area contributed by atoms with Crippen molar-refractivity contribution in [1.29, 1.82) is 0 Å². The van der Waals surface area contributed by atoms with Gasteiger partial charge in [-0.2, -0.15) is 0 Å². The molecule has 2 heteroatoms. The molecular formula is C13H20BrN. The third-order valence-corrected chi connectivity index (χ3v) is 3.70. The van der Waals surface area contributed by atoms with Crippen molar-refractivity contribution in [2.24, 2.45) is 11.7 Å². The molecular weight excluding hydrogens is 250 g/mol. The Kier molecular flexibility index (Phi) is 5.34. The summed E-state index contributed by atoms with van der Waals surface area (Å²) in [7, 11) is 0. The smallest absolute Gasteiger partial charge is 0.0175 e. The molecule has 0 aliphatic rings. The van der Waals surface area contributed by atoms with Gasteiger partial charge < -0.3 is 5.73 Å². The molecule has 1 atom stereocenters. The molecule has 0 radical (unpaired) electrons. The largest absolute Gasteiger partial charge is 0.330 e. The minimum Gasteiger partial charge on any atom is -0.330 e. The van der Waals surface area contributed by atoms with Gasteiger partial charge in [0, 0.05) is 4.47 Å². The molecule has 0 fully saturated rings. The minimum absolute atomic E-state index is 0.507. The van der Waals surface area contributed by atoms with E-state index in [1.165, 1.54) is 18.4 Å². The van der Waals surface area contributed by atoms with Crippen molar-refractivity contribution >= 4 is 15.9 Å². The van der Waals surface area contributed by atoms with Crippen LogP contribution in [-0.4, -0.2) is 6.54 Å². The monoisotopic (exact) mass is 269 g/mol. The van der Waals surface area contributed by atoms with E-state index in [-0.39, 0.29) is 0 Å². The van der Waals surface area contributed by atoms with Crippen LogP contribution in [0.3, 0.4) is 0 Å². The molecule has 0 aromatic heterocycles. The topological polar surface area (TPSA) is 26.0 Å². The molecule has 1 unspecified atom stereocenters. The van der Waals surface area contributed by atoms with Crippen molar-refractivity contribution in [3.63, 3.8) is 0 Å². The number of rotatable bonds is 5. The summed E-state index contributed by atoms with van der Waals surface area (Å²) in [6.07, 6.45) is 2.41. The summed E-state index contributed by atoms with van der Waals surface area (Å²) in [5, 5.41) is 0. The van der Waals surface area contributed by atoms with Gasteiger partial charge in [-0.1, -0.05) is 54.8 Å². The molecule has 84 valence electrons. The molecule has 0 aliphatic heterocycles. The van der Waals surface area contributed by atoms with E-state index in [0.29, 0.717) is 11.8 Å². The van der Waals surface area contributed by atoms with Crippen LogP contribution in [0.5, 0.6) is 0 Å². The fraction of sp³-hybridized carbons (Fsp3) is 0.538. The lowest BCUT2D eigenvalue weighted by molar-refractivity contribution is 0.402. The maximum atomic E-state index is 5.88. The van der Waals surface area contributed by atoms with E-state index in [4.69, 9.17) is 5.73 Å². The van der Waals surface area contributed by atoms with Crippen molar-refractivity contribution < 1.29 is 0 Å². The average Bonchev–Trinajstić information content (AvgIpc) is 2.27. The van der Waals surface area contributed by atoms with Crippen LogP contribution in [0.15, 0.2) is 28.7 Å². The quantitative estimate of drug-likeness (QED) is 0.862. The number of nitrogens with two attached hydrogens (primary N) is 1. The molecule has 1 aromatic rings. The van der Waals surface area contributed by atoms with Crippen LogP contribution in [-0.2, 0) is 0 Å². The van der Waals surface area contributed by atoms with Gasteiger partial charge in [0.15, 0.2) is 0 Å². The van der Waals surface area contributed by atoms with Crippen LogP contribution < -0.4 is 5.73 Å². The van der Waals surface area contributed by atoms with Crippen LogP contribution in [0.25, 0.3) is 0 Å². The lowest BCUT2D eigenvalue weighted by Crippen LogP contribution is -2.20. The molecule has 15 heavy (non-hydrogen) atoms. The maximum Gasteiger partial charge on any atom is 0.0175 e. The van der Waals surface area contributed by atoms with Crippen LogP contribution >= 0.6 is 15.9 Å². The van der Waals surface area contributed by atoms with Crippen molar-refractivity contribution in [3.8, 4) is 0 Å².